The average Bonchev–Trinajstić information content (AvgIpc) is 2.51. The molecule has 0 fully saturated rings. The molecule has 0 atom stereocenters. The van der Waals surface area contributed by atoms with Crippen molar-refractivity contribution in [2.24, 2.45) is 0 Å². The van der Waals surface area contributed by atoms with Crippen molar-refractivity contribution >= 4 is 33.6 Å². The molecule has 1 aromatic carbocycles. The van der Waals surface area contributed by atoms with E-state index in [0.717, 1.165) is 28.7 Å². The van der Waals surface area contributed by atoms with Gasteiger partial charge in [0, 0.05) is 0 Å². The molecule has 1 heterocycles. The molecule has 0 amide bonds. The Labute approximate surface area is 166 Å². The normalized spacial score (nSPS) is 14.6. The first kappa shape index (κ1) is 22.9. The van der Waals surface area contributed by atoms with Crippen LogP contribution in [-0.2, 0) is 11.3 Å². The highest BCUT2D eigenvalue weighted by atomic mass is 127. The molecule has 1 aromatic heterocycles. The summed E-state index contributed by atoms with van der Waals surface area (Å²) >= 11 is 1.04. The van der Waals surface area contributed by atoms with E-state index in [1.165, 1.54) is 12.1 Å². The molecule has 0 radical (unpaired) electrons. The number of fused-ring (bicyclic) bond motifs is 1. The third-order valence-electron chi connectivity index (χ3n) is 3.93. The van der Waals surface area contributed by atoms with Crippen LogP contribution in [-0.4, -0.2) is 28.0 Å². The molecule has 0 spiro atoms. The predicted octanol–water partition coefficient (Wildman–Crippen LogP) is 6.46. The highest BCUT2D eigenvalue weighted by Crippen LogP contribution is 2.56. The van der Waals surface area contributed by atoms with E-state index in [9.17, 15) is 39.5 Å². The molecule has 0 unspecified atom stereocenters. The molecule has 12 heteroatoms. The van der Waals surface area contributed by atoms with Gasteiger partial charge >= 0.3 is 23.9 Å². The largest absolute Gasteiger partial charge is 0.460 e. The molecule has 0 bridgehead atoms. The summed E-state index contributed by atoms with van der Waals surface area (Å²) in [4.78, 5) is 6.89. The Kier molecular flexibility index (Phi) is 5.40. The average molecular weight is 530 g/mol. The number of hydrogen-bond donors (Lipinski definition) is 0. The van der Waals surface area contributed by atoms with Crippen molar-refractivity contribution in [3.8, 4) is 0 Å². The highest BCUT2D eigenvalue weighted by Gasteiger charge is 2.82. The lowest BCUT2D eigenvalue weighted by molar-refractivity contribution is -0.400. The second kappa shape index (κ2) is 6.59. The Balaban J connectivity index is 2.67. The lowest BCUT2D eigenvalue weighted by atomic mass is 9.87. The Hall–Kier alpha value is -1.34. The van der Waals surface area contributed by atoms with E-state index in [-0.39, 0.29) is 16.4 Å². The van der Waals surface area contributed by atoms with Crippen molar-refractivity contribution in [1.29, 1.82) is 0 Å². The molecule has 156 valence electrons. The maximum absolute atomic E-state index is 14.2. The first-order valence-electron chi connectivity index (χ1n) is 7.52. The quantitative estimate of drug-likeness (QED) is 0.337. The molecule has 0 saturated carbocycles. The van der Waals surface area contributed by atoms with E-state index in [2.05, 4.69) is 9.97 Å². The molecule has 2 rings (SSSR count). The third-order valence-corrected chi connectivity index (χ3v) is 4.68. The number of nitrogens with zero attached hydrogens (tertiary/aromatic N) is 2. The minimum atomic E-state index is -6.99. The molecule has 0 aliphatic carbocycles. The zero-order chi connectivity index (χ0) is 21.9. The maximum atomic E-state index is 14.2. The first-order valence-corrected chi connectivity index (χ1v) is 8.60. The van der Waals surface area contributed by atoms with Crippen molar-refractivity contribution in [2.45, 2.75) is 50.1 Å². The Morgan fingerprint density at radius 1 is 0.750 bits per heavy atom. The second-order valence-corrected chi connectivity index (χ2v) is 8.06. The third kappa shape index (κ3) is 3.52. The van der Waals surface area contributed by atoms with Crippen LogP contribution >= 0.6 is 22.6 Å². The summed E-state index contributed by atoms with van der Waals surface area (Å²) in [5.74, 6) is -19.7. The molecular formula is C16H12F9IN2. The van der Waals surface area contributed by atoms with Gasteiger partial charge in [-0.25, -0.2) is 9.97 Å². The van der Waals surface area contributed by atoms with Crippen molar-refractivity contribution in [3.05, 3.63) is 33.2 Å². The van der Waals surface area contributed by atoms with Crippen LogP contribution in [0.5, 0.6) is 0 Å². The van der Waals surface area contributed by atoms with E-state index < -0.39 is 33.3 Å². The van der Waals surface area contributed by atoms with Crippen LogP contribution in [0.1, 0.15) is 32.0 Å². The summed E-state index contributed by atoms with van der Waals surface area (Å²) in [6.07, 6.45) is -6.89. The van der Waals surface area contributed by atoms with Crippen LogP contribution in [0.15, 0.2) is 18.2 Å². The van der Waals surface area contributed by atoms with Gasteiger partial charge in [-0.1, -0.05) is 26.8 Å². The van der Waals surface area contributed by atoms with Gasteiger partial charge in [0.2, 0.25) is 0 Å². The van der Waals surface area contributed by atoms with E-state index in [1.54, 1.807) is 0 Å². The fourth-order valence-electron chi connectivity index (χ4n) is 2.22. The SMILES string of the molecule is CC(C)(C)c1ccc2nc(C(F)(F)C(F)(F)C(F)(F)C(F)(F)F)c(I)nc2c1. The van der Waals surface area contributed by atoms with Crippen LogP contribution in [0.2, 0.25) is 0 Å². The van der Waals surface area contributed by atoms with E-state index in [1.807, 2.05) is 20.8 Å². The van der Waals surface area contributed by atoms with Gasteiger partial charge in [-0.05, 0) is 45.7 Å². The minimum absolute atomic E-state index is 0.00210. The van der Waals surface area contributed by atoms with Gasteiger partial charge in [-0.3, -0.25) is 0 Å². The van der Waals surface area contributed by atoms with Crippen molar-refractivity contribution in [3.63, 3.8) is 0 Å². The Morgan fingerprint density at radius 2 is 1.29 bits per heavy atom. The van der Waals surface area contributed by atoms with Gasteiger partial charge in [-0.2, -0.15) is 39.5 Å². The zero-order valence-corrected chi connectivity index (χ0v) is 16.6. The Morgan fingerprint density at radius 3 is 1.75 bits per heavy atom. The van der Waals surface area contributed by atoms with Crippen molar-refractivity contribution in [2.75, 3.05) is 0 Å². The maximum Gasteiger partial charge on any atom is 0.460 e. The summed E-state index contributed by atoms with van der Waals surface area (Å²) < 4.78 is 118. The fourth-order valence-corrected chi connectivity index (χ4v) is 2.94. The van der Waals surface area contributed by atoms with Crippen LogP contribution in [0, 0.1) is 3.70 Å². The van der Waals surface area contributed by atoms with E-state index in [0.29, 0.717) is 5.56 Å². The second-order valence-electron chi connectivity index (χ2n) is 7.04. The number of halogens is 10. The fraction of sp³-hybridized carbons (Fsp3) is 0.500. The van der Waals surface area contributed by atoms with Crippen LogP contribution in [0.25, 0.3) is 11.0 Å². The zero-order valence-electron chi connectivity index (χ0n) is 14.4. The molecule has 0 aliphatic rings. The van der Waals surface area contributed by atoms with Gasteiger partial charge < -0.3 is 0 Å². The number of alkyl halides is 9. The molecule has 28 heavy (non-hydrogen) atoms. The minimum Gasteiger partial charge on any atom is -0.242 e. The van der Waals surface area contributed by atoms with E-state index >= 15 is 0 Å². The van der Waals surface area contributed by atoms with Gasteiger partial charge in [0.05, 0.1) is 11.0 Å². The van der Waals surface area contributed by atoms with Crippen LogP contribution in [0.4, 0.5) is 39.5 Å². The summed E-state index contributed by atoms with van der Waals surface area (Å²) in [6, 6.07) is 4.03. The first-order chi connectivity index (χ1) is 12.3. The van der Waals surface area contributed by atoms with Gasteiger partial charge in [0.25, 0.3) is 0 Å². The van der Waals surface area contributed by atoms with Gasteiger partial charge in [-0.15, -0.1) is 0 Å². The van der Waals surface area contributed by atoms with Gasteiger partial charge in [0.15, 0.2) is 0 Å². The molecule has 2 aromatic rings. The standard InChI is InChI=1S/C16H12F9IN2/c1-12(2,3)7-4-5-8-9(6-7)28-11(26)10(27-8)13(17,18)14(19,20)15(21,22)16(23,24)25/h4-6H,1-3H3. The predicted molar refractivity (Wildman–Crippen MR) is 90.8 cm³/mol. The Bertz CT molecular complexity index is 901. The van der Waals surface area contributed by atoms with Crippen molar-refractivity contribution in [1.82, 2.24) is 9.97 Å². The molecule has 0 N–H and O–H groups in total. The number of hydrogen-bond acceptors (Lipinski definition) is 2. The van der Waals surface area contributed by atoms with Crippen LogP contribution in [0.3, 0.4) is 0 Å². The summed E-state index contributed by atoms with van der Waals surface area (Å²) in [7, 11) is 0. The molecular weight excluding hydrogens is 518 g/mol. The summed E-state index contributed by atoms with van der Waals surface area (Å²) in [5, 5.41) is 0. The topological polar surface area (TPSA) is 25.8 Å². The molecule has 0 saturated heterocycles. The van der Waals surface area contributed by atoms with Crippen molar-refractivity contribution < 1.29 is 39.5 Å². The molecule has 0 aliphatic heterocycles. The lowest BCUT2D eigenvalue weighted by Gasteiger charge is -2.33. The number of rotatable bonds is 3. The van der Waals surface area contributed by atoms with Gasteiger partial charge in [0.1, 0.15) is 9.39 Å². The summed E-state index contributed by atoms with van der Waals surface area (Å²) in [5.41, 5.74) is -2.00. The smallest absolute Gasteiger partial charge is 0.242 e. The lowest BCUT2D eigenvalue weighted by Crippen LogP contribution is -2.60. The van der Waals surface area contributed by atoms with E-state index in [4.69, 9.17) is 0 Å². The summed E-state index contributed by atoms with van der Waals surface area (Å²) in [6.45, 7) is 5.48. The van der Waals surface area contributed by atoms with Crippen LogP contribution < -0.4 is 0 Å². The monoisotopic (exact) mass is 530 g/mol. The highest BCUT2D eigenvalue weighted by molar-refractivity contribution is 14.1. The number of benzene rings is 1. The molecule has 2 nitrogen and oxygen atoms in total. The number of aromatic nitrogens is 2.